The zero-order chi connectivity index (χ0) is 19.3. The normalized spacial score (nSPS) is 20.1. The number of amides is 3. The van der Waals surface area contributed by atoms with Gasteiger partial charge in [-0.15, -0.1) is 0 Å². The fourth-order valence-electron chi connectivity index (χ4n) is 3.97. The molecule has 4 rings (SSSR count). The number of likely N-dealkylation sites (tertiary alicyclic amines) is 1. The number of rotatable bonds is 5. The molecule has 2 aromatic carbocycles. The van der Waals surface area contributed by atoms with Gasteiger partial charge in [0.15, 0.2) is 0 Å². The van der Waals surface area contributed by atoms with E-state index in [-0.39, 0.29) is 17.9 Å². The summed E-state index contributed by atoms with van der Waals surface area (Å²) in [5, 5.41) is 5.85. The molecule has 2 aliphatic heterocycles. The minimum atomic E-state index is -0.0905. The van der Waals surface area contributed by atoms with E-state index in [1.54, 1.807) is 4.90 Å². The number of carbonyl (C=O) groups excluding carboxylic acids is 2. The second kappa shape index (κ2) is 8.44. The molecule has 2 saturated heterocycles. The Morgan fingerprint density at radius 3 is 2.75 bits per heavy atom. The van der Waals surface area contributed by atoms with Crippen molar-refractivity contribution in [3.8, 4) is 0 Å². The van der Waals surface area contributed by atoms with Crippen LogP contribution in [0.4, 0.5) is 16.2 Å². The molecule has 0 aliphatic carbocycles. The average Bonchev–Trinajstić information content (AvgIpc) is 3.15. The van der Waals surface area contributed by atoms with Crippen LogP contribution in [0.3, 0.4) is 0 Å². The molecule has 146 valence electrons. The van der Waals surface area contributed by atoms with Gasteiger partial charge in [0.2, 0.25) is 5.91 Å². The fourth-order valence-corrected chi connectivity index (χ4v) is 3.97. The molecule has 28 heavy (non-hydrogen) atoms. The summed E-state index contributed by atoms with van der Waals surface area (Å²) in [4.78, 5) is 28.7. The molecule has 2 aliphatic rings. The maximum absolute atomic E-state index is 12.8. The number of urea groups is 1. The summed E-state index contributed by atoms with van der Waals surface area (Å²) >= 11 is 0. The predicted molar refractivity (Wildman–Crippen MR) is 110 cm³/mol. The van der Waals surface area contributed by atoms with Gasteiger partial charge in [0.05, 0.1) is 5.92 Å². The molecule has 0 radical (unpaired) electrons. The monoisotopic (exact) mass is 378 g/mol. The zero-order valence-electron chi connectivity index (χ0n) is 15.9. The third-order valence-electron chi connectivity index (χ3n) is 5.41. The van der Waals surface area contributed by atoms with Gasteiger partial charge in [-0.1, -0.05) is 36.4 Å². The van der Waals surface area contributed by atoms with Crippen LogP contribution in [-0.2, 0) is 11.3 Å². The lowest BCUT2D eigenvalue weighted by Gasteiger charge is -2.32. The van der Waals surface area contributed by atoms with E-state index in [4.69, 9.17) is 0 Å². The van der Waals surface area contributed by atoms with Gasteiger partial charge in [0.1, 0.15) is 0 Å². The van der Waals surface area contributed by atoms with Crippen molar-refractivity contribution < 1.29 is 9.59 Å². The van der Waals surface area contributed by atoms with Crippen molar-refractivity contribution in [1.82, 2.24) is 10.2 Å². The summed E-state index contributed by atoms with van der Waals surface area (Å²) in [7, 11) is 0. The highest BCUT2D eigenvalue weighted by Gasteiger charge is 2.26. The van der Waals surface area contributed by atoms with Crippen molar-refractivity contribution in [3.05, 3.63) is 60.2 Å². The van der Waals surface area contributed by atoms with Gasteiger partial charge in [-0.2, -0.15) is 0 Å². The van der Waals surface area contributed by atoms with Crippen molar-refractivity contribution in [2.45, 2.75) is 19.4 Å². The lowest BCUT2D eigenvalue weighted by molar-refractivity contribution is -0.121. The molecular formula is C22H26N4O2. The van der Waals surface area contributed by atoms with Crippen molar-refractivity contribution in [3.63, 3.8) is 0 Å². The lowest BCUT2D eigenvalue weighted by atomic mass is 9.96. The smallest absolute Gasteiger partial charge is 0.321 e. The van der Waals surface area contributed by atoms with E-state index in [1.807, 2.05) is 30.3 Å². The van der Waals surface area contributed by atoms with E-state index in [2.05, 4.69) is 39.8 Å². The number of hydrogen-bond donors (Lipinski definition) is 2. The molecule has 2 fully saturated rings. The third kappa shape index (κ3) is 4.34. The van der Waals surface area contributed by atoms with Crippen LogP contribution in [-0.4, -0.2) is 43.0 Å². The Morgan fingerprint density at radius 2 is 1.96 bits per heavy atom. The molecular weight excluding hydrogens is 352 g/mol. The van der Waals surface area contributed by atoms with Crippen LogP contribution in [0.2, 0.25) is 0 Å². The Balaban J connectivity index is 1.37. The summed E-state index contributed by atoms with van der Waals surface area (Å²) in [6.07, 6.45) is 1.93. The summed E-state index contributed by atoms with van der Waals surface area (Å²) in [6.45, 7) is 3.97. The summed E-state index contributed by atoms with van der Waals surface area (Å²) < 4.78 is 0. The van der Waals surface area contributed by atoms with Crippen molar-refractivity contribution in [2.75, 3.05) is 36.4 Å². The lowest BCUT2D eigenvalue weighted by Crippen LogP contribution is -2.40. The van der Waals surface area contributed by atoms with Crippen LogP contribution in [0.1, 0.15) is 18.4 Å². The Kier molecular flexibility index (Phi) is 5.58. The molecule has 0 unspecified atom stereocenters. The largest absolute Gasteiger partial charge is 0.336 e. The van der Waals surface area contributed by atoms with Gasteiger partial charge in [-0.3, -0.25) is 14.6 Å². The molecule has 0 saturated carbocycles. The van der Waals surface area contributed by atoms with Crippen molar-refractivity contribution in [1.29, 1.82) is 0 Å². The minimum Gasteiger partial charge on any atom is -0.336 e. The number of anilines is 2. The molecule has 2 heterocycles. The molecule has 2 aromatic rings. The Hall–Kier alpha value is -2.86. The van der Waals surface area contributed by atoms with E-state index < -0.39 is 0 Å². The first-order valence-corrected chi connectivity index (χ1v) is 9.91. The van der Waals surface area contributed by atoms with Crippen LogP contribution >= 0.6 is 0 Å². The highest BCUT2D eigenvalue weighted by atomic mass is 16.2. The third-order valence-corrected chi connectivity index (χ3v) is 5.41. The highest BCUT2D eigenvalue weighted by molar-refractivity contribution is 5.96. The molecule has 0 spiro atoms. The number of hydrogen-bond acceptors (Lipinski definition) is 3. The molecule has 2 N–H and O–H groups in total. The first kappa shape index (κ1) is 18.5. The van der Waals surface area contributed by atoms with Gasteiger partial charge in [0.25, 0.3) is 0 Å². The maximum atomic E-state index is 12.8. The second-order valence-electron chi connectivity index (χ2n) is 7.48. The minimum absolute atomic E-state index is 0.0174. The fraction of sp³-hybridized carbons (Fsp3) is 0.364. The molecule has 0 bridgehead atoms. The van der Waals surface area contributed by atoms with E-state index in [1.165, 1.54) is 5.56 Å². The summed E-state index contributed by atoms with van der Waals surface area (Å²) in [6, 6.07) is 17.8. The van der Waals surface area contributed by atoms with Crippen LogP contribution < -0.4 is 15.5 Å². The molecule has 3 amide bonds. The Bertz CT molecular complexity index is 839. The van der Waals surface area contributed by atoms with Crippen LogP contribution in [0.5, 0.6) is 0 Å². The van der Waals surface area contributed by atoms with Crippen LogP contribution in [0.15, 0.2) is 54.6 Å². The van der Waals surface area contributed by atoms with Crippen LogP contribution in [0, 0.1) is 5.92 Å². The summed E-state index contributed by atoms with van der Waals surface area (Å²) in [5.41, 5.74) is 2.82. The highest BCUT2D eigenvalue weighted by Crippen LogP contribution is 2.24. The number of nitrogens with zero attached hydrogens (tertiary/aromatic N) is 2. The van der Waals surface area contributed by atoms with Crippen molar-refractivity contribution in [2.24, 2.45) is 5.92 Å². The Morgan fingerprint density at radius 1 is 1.11 bits per heavy atom. The number of carbonyl (C=O) groups is 2. The average molecular weight is 378 g/mol. The quantitative estimate of drug-likeness (QED) is 0.840. The van der Waals surface area contributed by atoms with E-state index >= 15 is 0 Å². The summed E-state index contributed by atoms with van der Waals surface area (Å²) in [5.74, 6) is 0.0389. The van der Waals surface area contributed by atoms with Gasteiger partial charge in [-0.25, -0.2) is 4.79 Å². The van der Waals surface area contributed by atoms with E-state index in [9.17, 15) is 9.59 Å². The molecule has 1 atom stereocenters. The van der Waals surface area contributed by atoms with Gasteiger partial charge in [0, 0.05) is 37.6 Å². The van der Waals surface area contributed by atoms with E-state index in [0.717, 1.165) is 43.9 Å². The SMILES string of the molecule is O=C(Nc1cccc(N2CCNC2=O)c1)[C@H]1CCCN(Cc2ccccc2)C1. The molecule has 6 heteroatoms. The Labute approximate surface area is 165 Å². The number of benzene rings is 2. The standard InChI is InChI=1S/C22H26N4O2/c27-21(18-8-5-12-25(16-18)15-17-6-2-1-3-7-17)24-19-9-4-10-20(14-19)26-13-11-23-22(26)28/h1-4,6-7,9-10,14,18H,5,8,11-13,15-16H2,(H,23,28)(H,24,27)/t18-/m0/s1. The number of piperidine rings is 1. The van der Waals surface area contributed by atoms with Crippen molar-refractivity contribution >= 4 is 23.3 Å². The second-order valence-corrected chi connectivity index (χ2v) is 7.48. The first-order valence-electron chi connectivity index (χ1n) is 9.91. The first-order chi connectivity index (χ1) is 13.7. The number of nitrogens with one attached hydrogen (secondary N) is 2. The predicted octanol–water partition coefficient (Wildman–Crippen LogP) is 3.07. The van der Waals surface area contributed by atoms with Gasteiger partial charge in [-0.05, 0) is 43.1 Å². The zero-order valence-corrected chi connectivity index (χ0v) is 15.9. The topological polar surface area (TPSA) is 64.7 Å². The van der Waals surface area contributed by atoms with Crippen LogP contribution in [0.25, 0.3) is 0 Å². The molecule has 6 nitrogen and oxygen atoms in total. The molecule has 0 aromatic heterocycles. The van der Waals surface area contributed by atoms with Gasteiger partial charge >= 0.3 is 6.03 Å². The van der Waals surface area contributed by atoms with E-state index in [0.29, 0.717) is 13.1 Å². The van der Waals surface area contributed by atoms with Gasteiger partial charge < -0.3 is 10.6 Å². The maximum Gasteiger partial charge on any atom is 0.321 e.